The van der Waals surface area contributed by atoms with Crippen LogP contribution in [0.5, 0.6) is 0 Å². The number of hydrogen-bond donors (Lipinski definition) is 1. The fraction of sp³-hybridized carbons (Fsp3) is 0.214. The standard InChI is InChI=1S/C14H16NO/c1-12(16)14-8-5-9-15(11-14)10-13-6-3-2-4-7-13/h2-9,11-12,16H,10H2,1H3/q+1/t12-/m0/s1. The summed E-state index contributed by atoms with van der Waals surface area (Å²) >= 11 is 0. The van der Waals surface area contributed by atoms with Crippen molar-refractivity contribution >= 4 is 0 Å². The molecule has 16 heavy (non-hydrogen) atoms. The van der Waals surface area contributed by atoms with E-state index in [-0.39, 0.29) is 0 Å². The summed E-state index contributed by atoms with van der Waals surface area (Å²) in [6, 6.07) is 14.2. The van der Waals surface area contributed by atoms with Gasteiger partial charge in [0.1, 0.15) is 0 Å². The predicted octanol–water partition coefficient (Wildman–Crippen LogP) is 2.08. The third-order valence-corrected chi connectivity index (χ3v) is 2.57. The van der Waals surface area contributed by atoms with Gasteiger partial charge in [-0.2, -0.15) is 0 Å². The van der Waals surface area contributed by atoms with E-state index in [1.165, 1.54) is 5.56 Å². The number of hydrogen-bond acceptors (Lipinski definition) is 1. The van der Waals surface area contributed by atoms with Gasteiger partial charge >= 0.3 is 0 Å². The maximum Gasteiger partial charge on any atom is 0.174 e. The minimum Gasteiger partial charge on any atom is -0.388 e. The van der Waals surface area contributed by atoms with Crippen molar-refractivity contribution in [2.75, 3.05) is 0 Å². The van der Waals surface area contributed by atoms with Crippen LogP contribution in [0.3, 0.4) is 0 Å². The molecule has 2 aromatic rings. The smallest absolute Gasteiger partial charge is 0.174 e. The van der Waals surface area contributed by atoms with Crippen molar-refractivity contribution in [2.45, 2.75) is 19.6 Å². The fourth-order valence-electron chi connectivity index (χ4n) is 1.68. The molecule has 0 bridgehead atoms. The molecule has 0 aliphatic heterocycles. The molecule has 1 heterocycles. The SMILES string of the molecule is C[C@H](O)c1ccc[n+](Cc2ccccc2)c1. The predicted molar refractivity (Wildman–Crippen MR) is 62.8 cm³/mol. The molecule has 0 aliphatic rings. The first kappa shape index (κ1) is 10.8. The molecule has 82 valence electrons. The van der Waals surface area contributed by atoms with Crippen LogP contribution >= 0.6 is 0 Å². The number of benzene rings is 1. The highest BCUT2D eigenvalue weighted by molar-refractivity contribution is 5.13. The Morgan fingerprint density at radius 3 is 2.56 bits per heavy atom. The maximum atomic E-state index is 9.50. The van der Waals surface area contributed by atoms with E-state index in [2.05, 4.69) is 16.7 Å². The van der Waals surface area contributed by atoms with Gasteiger partial charge < -0.3 is 5.11 Å². The second kappa shape index (κ2) is 4.90. The number of aliphatic hydroxyl groups excluding tert-OH is 1. The summed E-state index contributed by atoms with van der Waals surface area (Å²) in [5, 5.41) is 9.50. The zero-order valence-corrected chi connectivity index (χ0v) is 9.38. The summed E-state index contributed by atoms with van der Waals surface area (Å²) in [5.41, 5.74) is 2.20. The van der Waals surface area contributed by atoms with Crippen LogP contribution in [-0.2, 0) is 6.54 Å². The normalized spacial score (nSPS) is 12.4. The van der Waals surface area contributed by atoms with Crippen molar-refractivity contribution in [3.63, 3.8) is 0 Å². The van der Waals surface area contributed by atoms with E-state index < -0.39 is 6.10 Å². The second-order valence-electron chi connectivity index (χ2n) is 3.97. The Bertz CT molecular complexity index is 451. The van der Waals surface area contributed by atoms with Crippen LogP contribution in [0.15, 0.2) is 54.9 Å². The van der Waals surface area contributed by atoms with E-state index in [9.17, 15) is 5.11 Å². The van der Waals surface area contributed by atoms with E-state index in [1.807, 2.05) is 42.7 Å². The summed E-state index contributed by atoms with van der Waals surface area (Å²) in [4.78, 5) is 0. The quantitative estimate of drug-likeness (QED) is 0.777. The number of nitrogens with zero attached hydrogens (tertiary/aromatic N) is 1. The highest BCUT2D eigenvalue weighted by Gasteiger charge is 2.07. The average molecular weight is 214 g/mol. The molecule has 0 saturated carbocycles. The van der Waals surface area contributed by atoms with E-state index in [0.717, 1.165) is 12.1 Å². The Morgan fingerprint density at radius 2 is 1.88 bits per heavy atom. The first-order valence-electron chi connectivity index (χ1n) is 5.47. The van der Waals surface area contributed by atoms with Gasteiger partial charge in [0.2, 0.25) is 0 Å². The van der Waals surface area contributed by atoms with Crippen LogP contribution in [0.4, 0.5) is 0 Å². The van der Waals surface area contributed by atoms with Crippen molar-refractivity contribution < 1.29 is 9.67 Å². The Balaban J connectivity index is 2.19. The largest absolute Gasteiger partial charge is 0.388 e. The van der Waals surface area contributed by atoms with Crippen molar-refractivity contribution in [2.24, 2.45) is 0 Å². The van der Waals surface area contributed by atoms with Crippen LogP contribution in [0.2, 0.25) is 0 Å². The van der Waals surface area contributed by atoms with E-state index in [0.29, 0.717) is 0 Å². The summed E-state index contributed by atoms with van der Waals surface area (Å²) in [6.45, 7) is 2.61. The number of pyridine rings is 1. The number of rotatable bonds is 3. The molecular weight excluding hydrogens is 198 g/mol. The molecule has 1 atom stereocenters. The Labute approximate surface area is 95.8 Å². The Morgan fingerprint density at radius 1 is 1.12 bits per heavy atom. The summed E-state index contributed by atoms with van der Waals surface area (Å²) in [5.74, 6) is 0. The van der Waals surface area contributed by atoms with Gasteiger partial charge in [-0.1, -0.05) is 30.3 Å². The Kier molecular flexibility index (Phi) is 3.32. The van der Waals surface area contributed by atoms with E-state index in [1.54, 1.807) is 6.92 Å². The molecule has 1 aromatic carbocycles. The lowest BCUT2D eigenvalue weighted by atomic mass is 10.2. The van der Waals surface area contributed by atoms with Gasteiger partial charge in [-0.05, 0) is 13.0 Å². The lowest BCUT2D eigenvalue weighted by Crippen LogP contribution is -2.34. The van der Waals surface area contributed by atoms with Crippen LogP contribution in [-0.4, -0.2) is 5.11 Å². The van der Waals surface area contributed by atoms with E-state index in [4.69, 9.17) is 0 Å². The highest BCUT2D eigenvalue weighted by atomic mass is 16.3. The van der Waals surface area contributed by atoms with Gasteiger partial charge in [0.25, 0.3) is 0 Å². The molecule has 1 N–H and O–H groups in total. The average Bonchev–Trinajstić information content (AvgIpc) is 2.30. The lowest BCUT2D eigenvalue weighted by Gasteiger charge is -2.03. The second-order valence-corrected chi connectivity index (χ2v) is 3.97. The summed E-state index contributed by atoms with van der Waals surface area (Å²) in [6.07, 6.45) is 3.58. The molecule has 2 rings (SSSR count). The van der Waals surface area contributed by atoms with Crippen molar-refractivity contribution in [1.29, 1.82) is 0 Å². The molecule has 2 heteroatoms. The molecule has 1 aromatic heterocycles. The third kappa shape index (κ3) is 2.67. The summed E-state index contributed by atoms with van der Waals surface area (Å²) < 4.78 is 2.08. The number of aromatic nitrogens is 1. The van der Waals surface area contributed by atoms with Crippen LogP contribution in [0.25, 0.3) is 0 Å². The van der Waals surface area contributed by atoms with Gasteiger partial charge in [0, 0.05) is 17.2 Å². The molecule has 0 spiro atoms. The first-order chi connectivity index (χ1) is 7.75. The highest BCUT2D eigenvalue weighted by Crippen LogP contribution is 2.08. The van der Waals surface area contributed by atoms with Gasteiger partial charge in [-0.3, -0.25) is 0 Å². The zero-order chi connectivity index (χ0) is 11.4. The molecule has 0 saturated heterocycles. The van der Waals surface area contributed by atoms with Crippen LogP contribution < -0.4 is 4.57 Å². The minimum atomic E-state index is -0.414. The van der Waals surface area contributed by atoms with Crippen molar-refractivity contribution in [3.05, 3.63) is 66.0 Å². The van der Waals surface area contributed by atoms with Gasteiger partial charge in [0.15, 0.2) is 18.9 Å². The molecule has 0 radical (unpaired) electrons. The van der Waals surface area contributed by atoms with E-state index >= 15 is 0 Å². The van der Waals surface area contributed by atoms with Gasteiger partial charge in [0.05, 0.1) is 6.10 Å². The fourth-order valence-corrected chi connectivity index (χ4v) is 1.68. The molecule has 0 amide bonds. The maximum absolute atomic E-state index is 9.50. The molecule has 0 aliphatic carbocycles. The molecule has 0 unspecified atom stereocenters. The Hall–Kier alpha value is -1.67. The zero-order valence-electron chi connectivity index (χ0n) is 9.38. The topological polar surface area (TPSA) is 24.1 Å². The molecular formula is C14H16NO+. The minimum absolute atomic E-state index is 0.414. The van der Waals surface area contributed by atoms with Crippen LogP contribution in [0.1, 0.15) is 24.2 Å². The molecule has 0 fully saturated rings. The van der Waals surface area contributed by atoms with Gasteiger partial charge in [-0.25, -0.2) is 4.57 Å². The van der Waals surface area contributed by atoms with Crippen LogP contribution in [0, 0.1) is 0 Å². The first-order valence-corrected chi connectivity index (χ1v) is 5.47. The number of aliphatic hydroxyl groups is 1. The van der Waals surface area contributed by atoms with Crippen molar-refractivity contribution in [1.82, 2.24) is 0 Å². The lowest BCUT2D eigenvalue weighted by molar-refractivity contribution is -0.688. The third-order valence-electron chi connectivity index (χ3n) is 2.57. The molecule has 2 nitrogen and oxygen atoms in total. The van der Waals surface area contributed by atoms with Crippen molar-refractivity contribution in [3.8, 4) is 0 Å². The monoisotopic (exact) mass is 214 g/mol. The summed E-state index contributed by atoms with van der Waals surface area (Å²) in [7, 11) is 0. The van der Waals surface area contributed by atoms with Gasteiger partial charge in [-0.15, -0.1) is 0 Å².